The van der Waals surface area contributed by atoms with Gasteiger partial charge in [-0.15, -0.1) is 11.3 Å². The molecule has 0 saturated heterocycles. The average molecular weight is 563 g/mol. The highest BCUT2D eigenvalue weighted by molar-refractivity contribution is 7.24. The third-order valence-corrected chi connectivity index (χ3v) is 10.1. The van der Waals surface area contributed by atoms with Crippen LogP contribution in [0.4, 0.5) is 0 Å². The Balaban J connectivity index is 1.48. The van der Waals surface area contributed by atoms with Gasteiger partial charge in [0.05, 0.1) is 0 Å². The molecule has 200 valence electrons. The molecule has 0 unspecified atom stereocenters. The Morgan fingerprint density at radius 1 is 0.326 bits per heavy atom. The van der Waals surface area contributed by atoms with Gasteiger partial charge in [-0.05, 0) is 72.1 Å². The van der Waals surface area contributed by atoms with Gasteiger partial charge in [-0.2, -0.15) is 0 Å². The van der Waals surface area contributed by atoms with Crippen LogP contribution >= 0.6 is 11.3 Å². The highest BCUT2D eigenvalue weighted by Gasteiger charge is 2.23. The van der Waals surface area contributed by atoms with E-state index in [1.165, 1.54) is 85.9 Å². The van der Waals surface area contributed by atoms with E-state index in [-0.39, 0.29) is 0 Å². The van der Waals surface area contributed by atoms with Gasteiger partial charge in [0, 0.05) is 25.9 Å². The normalized spacial score (nSPS) is 11.7. The first-order valence-electron chi connectivity index (χ1n) is 14.8. The molecule has 0 aliphatic carbocycles. The summed E-state index contributed by atoms with van der Waals surface area (Å²) >= 11 is 1.93. The number of benzene rings is 8. The van der Waals surface area contributed by atoms with Crippen LogP contribution < -0.4 is 0 Å². The molecule has 0 spiro atoms. The molecule has 0 fully saturated rings. The second-order valence-corrected chi connectivity index (χ2v) is 12.3. The van der Waals surface area contributed by atoms with Crippen molar-refractivity contribution in [3.8, 4) is 32.7 Å². The van der Waals surface area contributed by atoms with Crippen LogP contribution in [0.15, 0.2) is 158 Å². The highest BCUT2D eigenvalue weighted by Crippen LogP contribution is 2.52. The number of hydrogen-bond acceptors (Lipinski definition) is 1. The van der Waals surface area contributed by atoms with Gasteiger partial charge < -0.3 is 0 Å². The van der Waals surface area contributed by atoms with Crippen molar-refractivity contribution in [2.75, 3.05) is 0 Å². The van der Waals surface area contributed by atoms with Crippen molar-refractivity contribution < 1.29 is 0 Å². The summed E-state index contributed by atoms with van der Waals surface area (Å²) in [5.41, 5.74) is 6.38. The molecule has 0 saturated carbocycles. The summed E-state index contributed by atoms with van der Waals surface area (Å²) in [6.07, 6.45) is 0. The van der Waals surface area contributed by atoms with Gasteiger partial charge in [-0.3, -0.25) is 0 Å². The van der Waals surface area contributed by atoms with Crippen LogP contribution in [-0.4, -0.2) is 0 Å². The van der Waals surface area contributed by atoms with Crippen molar-refractivity contribution in [3.05, 3.63) is 158 Å². The molecule has 1 aromatic heterocycles. The molecule has 0 amide bonds. The van der Waals surface area contributed by atoms with Gasteiger partial charge >= 0.3 is 0 Å². The topological polar surface area (TPSA) is 0 Å². The van der Waals surface area contributed by atoms with E-state index in [1.807, 2.05) is 11.3 Å². The summed E-state index contributed by atoms with van der Waals surface area (Å²) < 4.78 is 1.34. The molecule has 0 bridgehead atoms. The Morgan fingerprint density at radius 3 is 1.72 bits per heavy atom. The van der Waals surface area contributed by atoms with Crippen LogP contribution in [0.25, 0.3) is 85.9 Å². The van der Waals surface area contributed by atoms with Crippen LogP contribution in [0.3, 0.4) is 0 Å². The van der Waals surface area contributed by atoms with E-state index >= 15 is 0 Å². The molecule has 9 aromatic rings. The van der Waals surface area contributed by atoms with E-state index in [0.29, 0.717) is 0 Å². The molecular weight excluding hydrogens is 537 g/mol. The summed E-state index contributed by atoms with van der Waals surface area (Å²) in [6, 6.07) is 57.9. The monoisotopic (exact) mass is 562 g/mol. The fourth-order valence-corrected chi connectivity index (χ4v) is 8.17. The fourth-order valence-electron chi connectivity index (χ4n) is 6.83. The first kappa shape index (κ1) is 24.4. The Kier molecular flexibility index (Phi) is 5.47. The van der Waals surface area contributed by atoms with Crippen molar-refractivity contribution >= 4 is 64.5 Å². The fraction of sp³-hybridized carbons (Fsp3) is 0. The van der Waals surface area contributed by atoms with Gasteiger partial charge in [0.15, 0.2) is 0 Å². The van der Waals surface area contributed by atoms with Crippen LogP contribution in [0.5, 0.6) is 0 Å². The molecule has 1 heterocycles. The van der Waals surface area contributed by atoms with Crippen molar-refractivity contribution in [1.29, 1.82) is 0 Å². The van der Waals surface area contributed by atoms with E-state index in [0.717, 1.165) is 0 Å². The smallest absolute Gasteiger partial charge is 0.0434 e. The van der Waals surface area contributed by atoms with Gasteiger partial charge in [0.25, 0.3) is 0 Å². The van der Waals surface area contributed by atoms with Crippen molar-refractivity contribution in [2.24, 2.45) is 0 Å². The predicted molar refractivity (Wildman–Crippen MR) is 188 cm³/mol. The predicted octanol–water partition coefficient (Wildman–Crippen LogP) is 12.5. The lowest BCUT2D eigenvalue weighted by Crippen LogP contribution is -1.90. The standard InChI is InChI=1S/C42H26S/c1-3-11-27(12-4-1)34-21-20-32-25-30-16-7-8-17-31(30)26-38(32)39(34)40-37-24-23-35-33-18-10-9-13-28(33)19-22-36(35)42(37)43-41(40)29-14-5-2-6-15-29/h1-26H. The lowest BCUT2D eigenvalue weighted by molar-refractivity contribution is 1.63. The minimum atomic E-state index is 1.23. The van der Waals surface area contributed by atoms with Gasteiger partial charge in [-0.25, -0.2) is 0 Å². The third-order valence-electron chi connectivity index (χ3n) is 8.83. The second-order valence-electron chi connectivity index (χ2n) is 11.3. The van der Waals surface area contributed by atoms with E-state index in [9.17, 15) is 0 Å². The van der Waals surface area contributed by atoms with Crippen molar-refractivity contribution in [3.63, 3.8) is 0 Å². The molecule has 0 radical (unpaired) electrons. The molecule has 0 atom stereocenters. The quantitative estimate of drug-likeness (QED) is 0.148. The molecule has 1 heteroatoms. The van der Waals surface area contributed by atoms with Gasteiger partial charge in [0.2, 0.25) is 0 Å². The lowest BCUT2D eigenvalue weighted by Gasteiger charge is -2.17. The van der Waals surface area contributed by atoms with Crippen LogP contribution in [-0.2, 0) is 0 Å². The Morgan fingerprint density at radius 2 is 0.930 bits per heavy atom. The summed E-state index contributed by atoms with van der Waals surface area (Å²) in [7, 11) is 0. The van der Waals surface area contributed by atoms with E-state index < -0.39 is 0 Å². The average Bonchev–Trinajstić information content (AvgIpc) is 3.47. The molecule has 0 N–H and O–H groups in total. The maximum Gasteiger partial charge on any atom is 0.0434 e. The highest BCUT2D eigenvalue weighted by atomic mass is 32.1. The molecule has 0 aliphatic rings. The van der Waals surface area contributed by atoms with Gasteiger partial charge in [-0.1, -0.05) is 146 Å². The van der Waals surface area contributed by atoms with Crippen molar-refractivity contribution in [2.45, 2.75) is 0 Å². The zero-order valence-corrected chi connectivity index (χ0v) is 24.2. The zero-order chi connectivity index (χ0) is 28.3. The number of rotatable bonds is 3. The van der Waals surface area contributed by atoms with E-state index in [2.05, 4.69) is 158 Å². The molecule has 9 rings (SSSR count). The van der Waals surface area contributed by atoms with Crippen LogP contribution in [0.1, 0.15) is 0 Å². The largest absolute Gasteiger partial charge is 0.134 e. The number of hydrogen-bond donors (Lipinski definition) is 0. The first-order chi connectivity index (χ1) is 21.3. The molecular formula is C42H26S. The Hall–Kier alpha value is -5.24. The second kappa shape index (κ2) is 9.66. The number of thiophene rings is 1. The zero-order valence-electron chi connectivity index (χ0n) is 23.4. The molecule has 0 aliphatic heterocycles. The minimum Gasteiger partial charge on any atom is -0.134 e. The SMILES string of the molecule is c1ccc(-c2ccc3cc4ccccc4cc3c2-c2c(-c3ccccc3)sc3c2ccc2c4ccccc4ccc23)cc1. The van der Waals surface area contributed by atoms with E-state index in [4.69, 9.17) is 0 Å². The summed E-state index contributed by atoms with van der Waals surface area (Å²) in [5.74, 6) is 0. The van der Waals surface area contributed by atoms with Crippen LogP contribution in [0.2, 0.25) is 0 Å². The summed E-state index contributed by atoms with van der Waals surface area (Å²) in [5, 5.41) is 11.6. The minimum absolute atomic E-state index is 1.23. The molecule has 43 heavy (non-hydrogen) atoms. The lowest BCUT2D eigenvalue weighted by atomic mass is 9.86. The molecule has 8 aromatic carbocycles. The van der Waals surface area contributed by atoms with Gasteiger partial charge in [0.1, 0.15) is 0 Å². The summed E-state index contributed by atoms with van der Waals surface area (Å²) in [4.78, 5) is 1.31. The maximum absolute atomic E-state index is 2.40. The van der Waals surface area contributed by atoms with Crippen LogP contribution in [0, 0.1) is 0 Å². The first-order valence-corrected chi connectivity index (χ1v) is 15.6. The summed E-state index contributed by atoms with van der Waals surface area (Å²) in [6.45, 7) is 0. The maximum atomic E-state index is 2.40. The Labute approximate surface area is 254 Å². The Bertz CT molecular complexity index is 2480. The number of fused-ring (bicyclic) bond motifs is 7. The van der Waals surface area contributed by atoms with Crippen molar-refractivity contribution in [1.82, 2.24) is 0 Å². The third kappa shape index (κ3) is 3.82. The molecule has 0 nitrogen and oxygen atoms in total. The van der Waals surface area contributed by atoms with E-state index in [1.54, 1.807) is 0 Å².